The van der Waals surface area contributed by atoms with E-state index < -0.39 is 0 Å². The van der Waals surface area contributed by atoms with E-state index in [1.54, 1.807) is 25.2 Å². The molecule has 0 aliphatic heterocycles. The van der Waals surface area contributed by atoms with E-state index in [4.69, 9.17) is 14.0 Å². The normalized spacial score (nSPS) is 11.4. The van der Waals surface area contributed by atoms with Crippen LogP contribution in [-0.2, 0) is 6.54 Å². The van der Waals surface area contributed by atoms with E-state index >= 15 is 0 Å². The Morgan fingerprint density at radius 1 is 1.21 bits per heavy atom. The summed E-state index contributed by atoms with van der Waals surface area (Å²) in [5, 5.41) is 7.16. The van der Waals surface area contributed by atoms with Crippen LogP contribution in [0.4, 0.5) is 4.79 Å². The van der Waals surface area contributed by atoms with Gasteiger partial charge in [-0.25, -0.2) is 4.79 Å². The highest BCUT2D eigenvalue weighted by Crippen LogP contribution is 2.33. The molecule has 28 heavy (non-hydrogen) atoms. The summed E-state index contributed by atoms with van der Waals surface area (Å²) in [5.41, 5.74) is 1.15. The number of carbonyl (C=O) groups is 1. The molecule has 154 valence electrons. The first-order valence-electron chi connectivity index (χ1n) is 9.38. The summed E-state index contributed by atoms with van der Waals surface area (Å²) in [7, 11) is 3.20. The predicted molar refractivity (Wildman–Crippen MR) is 109 cm³/mol. The molecule has 2 amide bonds. The summed E-state index contributed by atoms with van der Waals surface area (Å²) < 4.78 is 16.2. The number of hydrogen-bond acceptors (Lipinski definition) is 5. The molecule has 2 rings (SSSR count). The lowest BCUT2D eigenvalue weighted by Gasteiger charge is -2.29. The first-order valence-corrected chi connectivity index (χ1v) is 9.38. The molecule has 2 aromatic rings. The van der Waals surface area contributed by atoms with Crippen molar-refractivity contribution < 1.29 is 18.8 Å². The van der Waals surface area contributed by atoms with Crippen LogP contribution in [0.25, 0.3) is 11.3 Å². The third-order valence-electron chi connectivity index (χ3n) is 3.94. The van der Waals surface area contributed by atoms with Gasteiger partial charge in [-0.3, -0.25) is 0 Å². The first-order chi connectivity index (χ1) is 13.1. The van der Waals surface area contributed by atoms with Gasteiger partial charge < -0.3 is 24.2 Å². The largest absolute Gasteiger partial charge is 0.497 e. The number of nitrogens with zero attached hydrogens (tertiary/aromatic N) is 2. The second-order valence-electron chi connectivity index (χ2n) is 8.20. The molecule has 0 aliphatic rings. The van der Waals surface area contributed by atoms with Gasteiger partial charge in [0.05, 0.1) is 26.3 Å². The molecule has 0 unspecified atom stereocenters. The fourth-order valence-corrected chi connectivity index (χ4v) is 2.77. The van der Waals surface area contributed by atoms with E-state index in [1.807, 2.05) is 39.0 Å². The Kier molecular flexibility index (Phi) is 6.94. The van der Waals surface area contributed by atoms with Crippen LogP contribution in [0.1, 0.15) is 40.3 Å². The average Bonchev–Trinajstić information content (AvgIpc) is 3.07. The third-order valence-corrected chi connectivity index (χ3v) is 3.94. The monoisotopic (exact) mass is 389 g/mol. The molecule has 7 nitrogen and oxygen atoms in total. The van der Waals surface area contributed by atoms with E-state index in [0.717, 1.165) is 5.56 Å². The van der Waals surface area contributed by atoms with Crippen molar-refractivity contribution in [3.63, 3.8) is 0 Å². The maximum atomic E-state index is 12.7. The Bertz CT molecular complexity index is 793. The second-order valence-corrected chi connectivity index (χ2v) is 8.20. The molecule has 0 fully saturated rings. The van der Waals surface area contributed by atoms with Crippen molar-refractivity contribution in [2.75, 3.05) is 20.8 Å². The quantitative estimate of drug-likeness (QED) is 0.763. The van der Waals surface area contributed by atoms with Gasteiger partial charge in [-0.2, -0.15) is 0 Å². The van der Waals surface area contributed by atoms with Crippen LogP contribution in [0.15, 0.2) is 28.8 Å². The number of amides is 2. The Hall–Kier alpha value is -2.70. The summed E-state index contributed by atoms with van der Waals surface area (Å²) in [6.07, 6.45) is 0. The molecule has 0 saturated heterocycles. The molecule has 7 heteroatoms. The maximum absolute atomic E-state index is 12.7. The van der Waals surface area contributed by atoms with Crippen molar-refractivity contribution in [1.29, 1.82) is 0 Å². The van der Waals surface area contributed by atoms with Crippen molar-refractivity contribution in [2.24, 2.45) is 5.92 Å². The molecule has 0 aliphatic carbocycles. The molecule has 0 bridgehead atoms. The Morgan fingerprint density at radius 2 is 1.93 bits per heavy atom. The molecular formula is C21H31N3O4. The van der Waals surface area contributed by atoms with Crippen molar-refractivity contribution in [2.45, 2.75) is 46.7 Å². The lowest BCUT2D eigenvalue weighted by atomic mass is 10.1. The van der Waals surface area contributed by atoms with Crippen molar-refractivity contribution >= 4 is 6.03 Å². The second kappa shape index (κ2) is 8.99. The van der Waals surface area contributed by atoms with Gasteiger partial charge in [0.2, 0.25) is 0 Å². The topological polar surface area (TPSA) is 76.8 Å². The number of ether oxygens (including phenoxy) is 2. The molecule has 1 aromatic heterocycles. The van der Waals surface area contributed by atoms with Crippen molar-refractivity contribution in [1.82, 2.24) is 15.4 Å². The highest BCUT2D eigenvalue weighted by Gasteiger charge is 2.22. The number of nitrogens with one attached hydrogen (secondary N) is 1. The van der Waals surface area contributed by atoms with Crippen LogP contribution >= 0.6 is 0 Å². The number of methoxy groups -OCH3 is 2. The van der Waals surface area contributed by atoms with Gasteiger partial charge in [0.1, 0.15) is 17.2 Å². The summed E-state index contributed by atoms with van der Waals surface area (Å²) in [4.78, 5) is 14.4. The summed E-state index contributed by atoms with van der Waals surface area (Å²) in [5.74, 6) is 2.24. The molecule has 0 radical (unpaired) electrons. The van der Waals surface area contributed by atoms with Gasteiger partial charge >= 0.3 is 6.03 Å². The van der Waals surface area contributed by atoms with Crippen molar-refractivity contribution in [3.8, 4) is 22.8 Å². The summed E-state index contributed by atoms with van der Waals surface area (Å²) in [6, 6.07) is 7.21. The highest BCUT2D eigenvalue weighted by molar-refractivity contribution is 5.75. The van der Waals surface area contributed by atoms with Gasteiger partial charge in [0.25, 0.3) is 0 Å². The van der Waals surface area contributed by atoms with E-state index in [-0.39, 0.29) is 11.6 Å². The van der Waals surface area contributed by atoms with Crippen LogP contribution in [0.2, 0.25) is 0 Å². The van der Waals surface area contributed by atoms with Crippen LogP contribution in [0.5, 0.6) is 11.5 Å². The summed E-state index contributed by atoms with van der Waals surface area (Å²) in [6.45, 7) is 11.0. The number of benzene rings is 1. The van der Waals surface area contributed by atoms with Crippen LogP contribution in [0.3, 0.4) is 0 Å². The van der Waals surface area contributed by atoms with E-state index in [0.29, 0.717) is 42.0 Å². The minimum Gasteiger partial charge on any atom is -0.497 e. The van der Waals surface area contributed by atoms with Crippen molar-refractivity contribution in [3.05, 3.63) is 30.0 Å². The van der Waals surface area contributed by atoms with Gasteiger partial charge in [-0.15, -0.1) is 0 Å². The average molecular weight is 389 g/mol. The highest BCUT2D eigenvalue weighted by atomic mass is 16.5. The van der Waals surface area contributed by atoms with Crippen LogP contribution < -0.4 is 14.8 Å². The Labute approximate surface area is 167 Å². The molecule has 0 spiro atoms. The number of aromatic nitrogens is 1. The minimum absolute atomic E-state index is 0.118. The smallest absolute Gasteiger partial charge is 0.318 e. The lowest BCUT2D eigenvalue weighted by molar-refractivity contribution is 0.177. The van der Waals surface area contributed by atoms with Crippen LogP contribution in [0, 0.1) is 5.92 Å². The lowest BCUT2D eigenvalue weighted by Crippen LogP contribution is -2.49. The molecular weight excluding hydrogens is 358 g/mol. The number of urea groups is 1. The molecule has 1 aromatic carbocycles. The standard InChI is InChI=1S/C21H31N3O4/c1-14(2)12-24(20(25)22-21(3,4)5)13-15-10-19(28-23-15)17-9-8-16(26-6)11-18(17)27-7/h8-11,14H,12-13H2,1-7H3,(H,22,25). The molecule has 1 N–H and O–H groups in total. The zero-order chi connectivity index (χ0) is 20.9. The fraction of sp³-hybridized carbons (Fsp3) is 0.524. The third kappa shape index (κ3) is 5.90. The number of carbonyl (C=O) groups excluding carboxylic acids is 1. The number of hydrogen-bond donors (Lipinski definition) is 1. The fourth-order valence-electron chi connectivity index (χ4n) is 2.77. The molecule has 1 heterocycles. The van der Waals surface area contributed by atoms with Gasteiger partial charge in [-0.1, -0.05) is 19.0 Å². The first kappa shape index (κ1) is 21.6. The van der Waals surface area contributed by atoms with Gasteiger partial charge in [-0.05, 0) is 38.8 Å². The molecule has 0 saturated carbocycles. The maximum Gasteiger partial charge on any atom is 0.318 e. The summed E-state index contributed by atoms with van der Waals surface area (Å²) >= 11 is 0. The predicted octanol–water partition coefficient (Wildman–Crippen LogP) is 4.32. The molecule has 0 atom stereocenters. The van der Waals surface area contributed by atoms with Gasteiger partial charge in [0.15, 0.2) is 5.76 Å². The van der Waals surface area contributed by atoms with E-state index in [9.17, 15) is 4.79 Å². The zero-order valence-electron chi connectivity index (χ0n) is 17.8. The van der Waals surface area contributed by atoms with Crippen LogP contribution in [-0.4, -0.2) is 42.4 Å². The van der Waals surface area contributed by atoms with E-state index in [1.165, 1.54) is 0 Å². The van der Waals surface area contributed by atoms with Gasteiger partial charge in [0, 0.05) is 24.2 Å². The minimum atomic E-state index is -0.308. The Morgan fingerprint density at radius 3 is 2.50 bits per heavy atom. The number of rotatable bonds is 7. The Balaban J connectivity index is 2.22. The zero-order valence-corrected chi connectivity index (χ0v) is 17.8. The van der Waals surface area contributed by atoms with E-state index in [2.05, 4.69) is 24.3 Å². The SMILES string of the molecule is COc1ccc(-c2cc(CN(CC(C)C)C(=O)NC(C)(C)C)no2)c(OC)c1.